The Balaban J connectivity index is 1.32. The van der Waals surface area contributed by atoms with E-state index in [4.69, 9.17) is 19.2 Å². The number of amides is 2. The molecule has 3 atom stereocenters. The number of hydrogen-bond donors (Lipinski definition) is 4. The minimum atomic E-state index is -2.00. The largest absolute Gasteiger partial charge is 0.480 e. The average molecular weight is 875 g/mol. The highest BCUT2D eigenvalue weighted by atomic mass is 16.6. The molecule has 0 aliphatic carbocycles. The van der Waals surface area contributed by atoms with Crippen LogP contribution < -0.4 is 20.9 Å². The van der Waals surface area contributed by atoms with Gasteiger partial charge in [0.05, 0.1) is 41.9 Å². The number of esters is 3. The molecule has 2 aromatic heterocycles. The first-order valence-corrected chi connectivity index (χ1v) is 22.0. The fourth-order valence-electron chi connectivity index (χ4n) is 8.22. The SMILES string of the molecule is CCCCCCC(NC(=O)CCC(=O)Oc1ccc2nc3c(c(CC)c2c1)Cn1c-3cc2c(c1=O)COC(=O)[C@@]2(CC)OC(=O)CCC(=O)NC(CCCCCC)C(=O)O)C(=O)O. The molecule has 3 aromatic rings. The van der Waals surface area contributed by atoms with Gasteiger partial charge in [0.15, 0.2) is 0 Å². The summed E-state index contributed by atoms with van der Waals surface area (Å²) in [5, 5.41) is 24.7. The summed E-state index contributed by atoms with van der Waals surface area (Å²) in [6.07, 6.45) is 6.43. The molecular formula is C46H58N4O13. The van der Waals surface area contributed by atoms with Crippen LogP contribution >= 0.6 is 0 Å². The molecule has 1 aromatic carbocycles. The highest BCUT2D eigenvalue weighted by Gasteiger charge is 2.50. The Hall–Kier alpha value is -6.13. The summed E-state index contributed by atoms with van der Waals surface area (Å²) in [6.45, 7) is 7.40. The maximum atomic E-state index is 14.2. The zero-order valence-electron chi connectivity index (χ0n) is 36.5. The summed E-state index contributed by atoms with van der Waals surface area (Å²) >= 11 is 0. The van der Waals surface area contributed by atoms with Crippen molar-refractivity contribution in [2.45, 2.75) is 161 Å². The second kappa shape index (κ2) is 21.8. The molecule has 63 heavy (non-hydrogen) atoms. The van der Waals surface area contributed by atoms with Crippen LogP contribution in [0.2, 0.25) is 0 Å². The number of carboxylic acid groups (broad SMARTS) is 2. The smallest absolute Gasteiger partial charge is 0.355 e. The first-order valence-electron chi connectivity index (χ1n) is 22.0. The van der Waals surface area contributed by atoms with Crippen LogP contribution in [-0.2, 0) is 68.2 Å². The molecule has 2 aliphatic rings. The molecule has 2 amide bonds. The van der Waals surface area contributed by atoms with Crippen molar-refractivity contribution in [1.82, 2.24) is 20.2 Å². The zero-order chi connectivity index (χ0) is 45.8. The number of cyclic esters (lactones) is 1. The molecule has 17 heteroatoms. The monoisotopic (exact) mass is 874 g/mol. The lowest BCUT2D eigenvalue weighted by atomic mass is 9.85. The summed E-state index contributed by atoms with van der Waals surface area (Å²) in [6, 6.07) is 4.36. The van der Waals surface area contributed by atoms with Crippen LogP contribution in [0.4, 0.5) is 0 Å². The number of benzene rings is 1. The van der Waals surface area contributed by atoms with Crippen molar-refractivity contribution in [3.05, 3.63) is 56.9 Å². The van der Waals surface area contributed by atoms with E-state index in [-0.39, 0.29) is 62.1 Å². The third kappa shape index (κ3) is 11.3. The number of hydrogen-bond acceptors (Lipinski definition) is 12. The van der Waals surface area contributed by atoms with Gasteiger partial charge in [-0.1, -0.05) is 79.1 Å². The van der Waals surface area contributed by atoms with Crippen molar-refractivity contribution in [3.8, 4) is 17.1 Å². The number of unbranched alkanes of at least 4 members (excludes halogenated alkanes) is 6. The Morgan fingerprint density at radius 1 is 0.794 bits per heavy atom. The molecule has 2 unspecified atom stereocenters. The van der Waals surface area contributed by atoms with E-state index in [9.17, 15) is 48.6 Å². The standard InChI is InChI=1S/C46H58N4O13/c1-5-9-11-13-15-34(43(56)57)47-37(51)19-21-39(53)62-27-17-18-33-29(23-27)28(7-3)30-25-50-36(41(30)49-33)24-32-31(42(50)55)26-61-45(60)46(32,8-4)63-40(54)22-20-38(52)48-35(44(58)59)16-14-12-10-6-2/h17-18,23-24,34-35H,5-16,19-22,25-26H2,1-4H3,(H,47,51)(H,48,52)(H,56,57)(H,58,59)/t34?,35?,46-/m0/s1. The minimum absolute atomic E-state index is 0.0924. The third-order valence-electron chi connectivity index (χ3n) is 11.7. The van der Waals surface area contributed by atoms with Gasteiger partial charge in [0.1, 0.15) is 24.4 Å². The van der Waals surface area contributed by atoms with Gasteiger partial charge < -0.3 is 39.6 Å². The van der Waals surface area contributed by atoms with E-state index in [1.165, 1.54) is 4.57 Å². The topological polar surface area (TPSA) is 247 Å². The normalized spacial score (nSPS) is 15.9. The highest BCUT2D eigenvalue weighted by molar-refractivity contribution is 5.92. The Morgan fingerprint density at radius 2 is 1.40 bits per heavy atom. The van der Waals surface area contributed by atoms with E-state index < -0.39 is 71.3 Å². The summed E-state index contributed by atoms with van der Waals surface area (Å²) in [5.41, 5.74) is 0.782. The number of aliphatic carboxylic acids is 2. The highest BCUT2D eigenvalue weighted by Crippen LogP contribution is 2.42. The van der Waals surface area contributed by atoms with E-state index in [2.05, 4.69) is 10.6 Å². The van der Waals surface area contributed by atoms with Crippen molar-refractivity contribution >= 4 is 52.6 Å². The zero-order valence-corrected chi connectivity index (χ0v) is 36.5. The van der Waals surface area contributed by atoms with Crippen LogP contribution in [0.5, 0.6) is 5.75 Å². The number of fused-ring (bicyclic) bond motifs is 5. The molecule has 4 heterocycles. The summed E-state index contributed by atoms with van der Waals surface area (Å²) in [7, 11) is 0. The van der Waals surface area contributed by atoms with Crippen molar-refractivity contribution in [3.63, 3.8) is 0 Å². The molecule has 0 saturated carbocycles. The van der Waals surface area contributed by atoms with Crippen LogP contribution in [0.3, 0.4) is 0 Å². The number of carbonyl (C=O) groups is 7. The van der Waals surface area contributed by atoms with Crippen molar-refractivity contribution in [2.24, 2.45) is 0 Å². The summed E-state index contributed by atoms with van der Waals surface area (Å²) in [5.74, 6) is -5.79. The average Bonchev–Trinajstić information content (AvgIpc) is 3.62. The summed E-state index contributed by atoms with van der Waals surface area (Å²) in [4.78, 5) is 107. The lowest BCUT2D eigenvalue weighted by Gasteiger charge is -2.35. The van der Waals surface area contributed by atoms with Crippen molar-refractivity contribution in [1.29, 1.82) is 0 Å². The number of nitrogens with one attached hydrogen (secondary N) is 2. The van der Waals surface area contributed by atoms with Gasteiger partial charge in [-0.05, 0) is 55.5 Å². The predicted molar refractivity (Wildman–Crippen MR) is 229 cm³/mol. The number of rotatable bonds is 24. The van der Waals surface area contributed by atoms with Gasteiger partial charge >= 0.3 is 29.8 Å². The van der Waals surface area contributed by atoms with Crippen LogP contribution in [0.1, 0.15) is 146 Å². The molecule has 2 aliphatic heterocycles. The molecular weight excluding hydrogens is 817 g/mol. The Kier molecular flexibility index (Phi) is 16.6. The predicted octanol–water partition coefficient (Wildman–Crippen LogP) is 5.74. The molecule has 0 bridgehead atoms. The number of pyridine rings is 2. The van der Waals surface area contributed by atoms with Gasteiger partial charge in [-0.15, -0.1) is 0 Å². The number of ether oxygens (including phenoxy) is 3. The fraction of sp³-hybridized carbons (Fsp3) is 0.543. The number of carbonyl (C=O) groups excluding carboxylic acids is 5. The molecule has 17 nitrogen and oxygen atoms in total. The molecule has 0 spiro atoms. The quantitative estimate of drug-likeness (QED) is 0.0373. The molecule has 4 N–H and O–H groups in total. The molecule has 0 saturated heterocycles. The minimum Gasteiger partial charge on any atom is -0.480 e. The Labute approximate surface area is 365 Å². The van der Waals surface area contributed by atoms with E-state index in [0.29, 0.717) is 48.0 Å². The number of aromatic nitrogens is 2. The first-order chi connectivity index (χ1) is 30.2. The number of aryl methyl sites for hydroxylation is 1. The molecule has 340 valence electrons. The second-order valence-electron chi connectivity index (χ2n) is 16.1. The number of nitrogens with zero attached hydrogens (tertiary/aromatic N) is 2. The van der Waals surface area contributed by atoms with Crippen molar-refractivity contribution in [2.75, 3.05) is 0 Å². The lowest BCUT2D eigenvalue weighted by Crippen LogP contribution is -2.47. The van der Waals surface area contributed by atoms with Gasteiger partial charge in [0.2, 0.25) is 17.4 Å². The van der Waals surface area contributed by atoms with E-state index >= 15 is 0 Å². The van der Waals surface area contributed by atoms with Crippen LogP contribution in [0.25, 0.3) is 22.3 Å². The third-order valence-corrected chi connectivity index (χ3v) is 11.7. The lowest BCUT2D eigenvalue weighted by molar-refractivity contribution is -0.189. The van der Waals surface area contributed by atoms with Crippen LogP contribution in [0, 0.1) is 0 Å². The molecule has 0 radical (unpaired) electrons. The Bertz CT molecular complexity index is 2300. The van der Waals surface area contributed by atoms with Gasteiger partial charge in [-0.25, -0.2) is 19.4 Å². The molecule has 5 rings (SSSR count). The van der Waals surface area contributed by atoms with E-state index in [0.717, 1.165) is 49.7 Å². The van der Waals surface area contributed by atoms with Gasteiger partial charge in [0, 0.05) is 29.4 Å². The van der Waals surface area contributed by atoms with Crippen molar-refractivity contribution < 1.29 is 58.0 Å². The first kappa shape index (κ1) is 47.9. The van der Waals surface area contributed by atoms with Crippen LogP contribution in [-0.4, -0.2) is 73.5 Å². The van der Waals surface area contributed by atoms with E-state index in [1.807, 2.05) is 20.8 Å². The maximum Gasteiger partial charge on any atom is 0.355 e. The molecule has 0 fully saturated rings. The van der Waals surface area contributed by atoms with E-state index in [1.54, 1.807) is 31.2 Å². The van der Waals surface area contributed by atoms with Gasteiger partial charge in [-0.2, -0.15) is 0 Å². The van der Waals surface area contributed by atoms with Crippen LogP contribution in [0.15, 0.2) is 29.1 Å². The summed E-state index contributed by atoms with van der Waals surface area (Å²) < 4.78 is 18.4. The fourth-order valence-corrected chi connectivity index (χ4v) is 8.22. The Morgan fingerprint density at radius 3 is 1.95 bits per heavy atom. The van der Waals surface area contributed by atoms with Gasteiger partial charge in [-0.3, -0.25) is 24.0 Å². The second-order valence-corrected chi connectivity index (χ2v) is 16.1. The number of carboxylic acids is 2. The van der Waals surface area contributed by atoms with Gasteiger partial charge in [0.25, 0.3) is 5.56 Å². The maximum absolute atomic E-state index is 14.2.